The van der Waals surface area contributed by atoms with Crippen molar-refractivity contribution in [3.05, 3.63) is 23.8 Å². The van der Waals surface area contributed by atoms with E-state index in [4.69, 9.17) is 9.47 Å². The predicted octanol–water partition coefficient (Wildman–Crippen LogP) is 1.40. The summed E-state index contributed by atoms with van der Waals surface area (Å²) in [6.45, 7) is 1.82. The van der Waals surface area contributed by atoms with E-state index in [1.54, 1.807) is 14.2 Å². The summed E-state index contributed by atoms with van der Waals surface area (Å²) in [5.41, 5.74) is 0.892. The zero-order chi connectivity index (χ0) is 20.1. The van der Waals surface area contributed by atoms with Crippen LogP contribution in [-0.4, -0.2) is 70.1 Å². The zero-order valence-electron chi connectivity index (χ0n) is 16.6. The monoisotopic (exact) mass is 410 g/mol. The minimum Gasteiger partial charge on any atom is -0.493 e. The Morgan fingerprint density at radius 1 is 1.14 bits per heavy atom. The lowest BCUT2D eigenvalue weighted by atomic mass is 10.0. The molecular formula is C20H30N2O5S. The number of amides is 1. The third-order valence-corrected chi connectivity index (χ3v) is 7.35. The van der Waals surface area contributed by atoms with Crippen molar-refractivity contribution in [2.75, 3.05) is 38.8 Å². The van der Waals surface area contributed by atoms with E-state index < -0.39 is 9.84 Å². The Labute approximate surface area is 167 Å². The number of sulfone groups is 1. The van der Waals surface area contributed by atoms with Crippen molar-refractivity contribution in [3.63, 3.8) is 0 Å². The molecule has 0 aromatic heterocycles. The molecule has 2 aliphatic rings. The number of hydrogen-bond donors (Lipinski definition) is 1. The van der Waals surface area contributed by atoms with Crippen molar-refractivity contribution < 1.29 is 22.7 Å². The van der Waals surface area contributed by atoms with Gasteiger partial charge in [-0.3, -0.25) is 9.69 Å². The summed E-state index contributed by atoms with van der Waals surface area (Å²) in [6.07, 6.45) is 4.14. The van der Waals surface area contributed by atoms with Crippen molar-refractivity contribution in [2.45, 2.75) is 44.2 Å². The second-order valence-electron chi connectivity index (χ2n) is 7.57. The number of benzene rings is 1. The molecule has 2 atom stereocenters. The lowest BCUT2D eigenvalue weighted by Crippen LogP contribution is -2.52. The number of piperidine rings is 1. The van der Waals surface area contributed by atoms with Crippen LogP contribution >= 0.6 is 0 Å². The fourth-order valence-corrected chi connectivity index (χ4v) is 6.21. The molecule has 1 N–H and O–H groups in total. The van der Waals surface area contributed by atoms with Crippen LogP contribution in [0.3, 0.4) is 0 Å². The van der Waals surface area contributed by atoms with Crippen LogP contribution in [0, 0.1) is 0 Å². The highest BCUT2D eigenvalue weighted by atomic mass is 32.2. The van der Waals surface area contributed by atoms with E-state index in [9.17, 15) is 13.2 Å². The van der Waals surface area contributed by atoms with Gasteiger partial charge >= 0.3 is 0 Å². The molecule has 2 saturated heterocycles. The quantitative estimate of drug-likeness (QED) is 0.732. The van der Waals surface area contributed by atoms with Gasteiger partial charge in [0.2, 0.25) is 5.91 Å². The van der Waals surface area contributed by atoms with E-state index in [2.05, 4.69) is 10.2 Å². The zero-order valence-corrected chi connectivity index (χ0v) is 17.5. The summed E-state index contributed by atoms with van der Waals surface area (Å²) < 4.78 is 35.1. The van der Waals surface area contributed by atoms with Gasteiger partial charge in [0.05, 0.1) is 31.8 Å². The van der Waals surface area contributed by atoms with Crippen molar-refractivity contribution in [1.82, 2.24) is 10.2 Å². The summed E-state index contributed by atoms with van der Waals surface area (Å²) in [5, 5.41) is 2.99. The SMILES string of the molecule is COc1cccc(CCC(=O)NC2CS(=O)(=O)CC2N2CCCCC2)c1OC. The summed E-state index contributed by atoms with van der Waals surface area (Å²) in [5.74, 6) is 1.30. The Bertz CT molecular complexity index is 790. The number of hydrogen-bond acceptors (Lipinski definition) is 6. The van der Waals surface area contributed by atoms with Gasteiger partial charge in [-0.15, -0.1) is 0 Å². The van der Waals surface area contributed by atoms with Crippen LogP contribution in [0.15, 0.2) is 18.2 Å². The Kier molecular flexibility index (Phi) is 6.82. The number of ether oxygens (including phenoxy) is 2. The first-order valence-corrected chi connectivity index (χ1v) is 11.7. The second-order valence-corrected chi connectivity index (χ2v) is 9.72. The van der Waals surface area contributed by atoms with Gasteiger partial charge in [-0.25, -0.2) is 8.42 Å². The molecule has 2 aliphatic heterocycles. The van der Waals surface area contributed by atoms with Crippen LogP contribution in [0.5, 0.6) is 11.5 Å². The van der Waals surface area contributed by atoms with Gasteiger partial charge in [-0.2, -0.15) is 0 Å². The number of nitrogens with zero attached hydrogens (tertiary/aromatic N) is 1. The standard InChI is InChI=1S/C20H30N2O5S/c1-26-18-8-6-7-15(20(18)27-2)9-10-19(23)21-16-13-28(24,25)14-17(16)22-11-4-3-5-12-22/h6-8,16-17H,3-5,9-14H2,1-2H3,(H,21,23). The highest BCUT2D eigenvalue weighted by Crippen LogP contribution is 2.31. The van der Waals surface area contributed by atoms with Crippen LogP contribution in [0.1, 0.15) is 31.2 Å². The molecule has 1 aromatic rings. The highest BCUT2D eigenvalue weighted by Gasteiger charge is 2.41. The van der Waals surface area contributed by atoms with Crippen molar-refractivity contribution >= 4 is 15.7 Å². The fourth-order valence-electron chi connectivity index (χ4n) is 4.25. The fraction of sp³-hybridized carbons (Fsp3) is 0.650. The topological polar surface area (TPSA) is 84.9 Å². The molecule has 0 saturated carbocycles. The third kappa shape index (κ3) is 4.97. The molecule has 7 nitrogen and oxygen atoms in total. The van der Waals surface area contributed by atoms with Gasteiger partial charge in [-0.1, -0.05) is 18.6 Å². The first-order valence-electron chi connectivity index (χ1n) is 9.87. The molecule has 0 radical (unpaired) electrons. The highest BCUT2D eigenvalue weighted by molar-refractivity contribution is 7.91. The predicted molar refractivity (Wildman–Crippen MR) is 108 cm³/mol. The lowest BCUT2D eigenvalue weighted by Gasteiger charge is -2.35. The van der Waals surface area contributed by atoms with Gasteiger partial charge < -0.3 is 14.8 Å². The molecule has 0 aliphatic carbocycles. The second kappa shape index (κ2) is 9.13. The molecule has 156 valence electrons. The van der Waals surface area contributed by atoms with Crippen molar-refractivity contribution in [1.29, 1.82) is 0 Å². The molecule has 1 aromatic carbocycles. The Hall–Kier alpha value is -1.80. The molecule has 2 heterocycles. The van der Waals surface area contributed by atoms with Crippen molar-refractivity contribution in [2.24, 2.45) is 0 Å². The van der Waals surface area contributed by atoms with E-state index in [0.29, 0.717) is 17.9 Å². The van der Waals surface area contributed by atoms with Crippen LogP contribution in [0.4, 0.5) is 0 Å². The molecule has 3 rings (SSSR count). The summed E-state index contributed by atoms with van der Waals surface area (Å²) in [7, 11) is 0.0371. The van der Waals surface area contributed by atoms with E-state index in [1.807, 2.05) is 18.2 Å². The molecule has 0 bridgehead atoms. The normalized spacial score (nSPS) is 24.6. The number of carbonyl (C=O) groups is 1. The molecule has 28 heavy (non-hydrogen) atoms. The van der Waals surface area contributed by atoms with Gasteiger partial charge in [0, 0.05) is 12.5 Å². The number of nitrogens with one attached hydrogen (secondary N) is 1. The Morgan fingerprint density at radius 3 is 2.57 bits per heavy atom. The number of likely N-dealkylation sites (tertiary alicyclic amines) is 1. The van der Waals surface area contributed by atoms with Gasteiger partial charge in [0.1, 0.15) is 0 Å². The van der Waals surface area contributed by atoms with E-state index in [1.165, 1.54) is 6.42 Å². The molecule has 8 heteroatoms. The van der Waals surface area contributed by atoms with E-state index >= 15 is 0 Å². The van der Waals surface area contributed by atoms with Crippen LogP contribution in [0.2, 0.25) is 0 Å². The number of carbonyl (C=O) groups excluding carboxylic acids is 1. The maximum Gasteiger partial charge on any atom is 0.220 e. The molecule has 1 amide bonds. The largest absolute Gasteiger partial charge is 0.493 e. The first-order chi connectivity index (χ1) is 13.4. The molecular weight excluding hydrogens is 380 g/mol. The molecule has 0 spiro atoms. The van der Waals surface area contributed by atoms with Gasteiger partial charge in [0.25, 0.3) is 0 Å². The molecule has 2 fully saturated rings. The first kappa shape index (κ1) is 20.9. The summed E-state index contributed by atoms with van der Waals surface area (Å²) in [4.78, 5) is 14.8. The maximum atomic E-state index is 12.6. The van der Waals surface area contributed by atoms with Crippen LogP contribution in [-0.2, 0) is 21.1 Å². The minimum atomic E-state index is -3.12. The lowest BCUT2D eigenvalue weighted by molar-refractivity contribution is -0.122. The smallest absolute Gasteiger partial charge is 0.220 e. The molecule has 2 unspecified atom stereocenters. The van der Waals surface area contributed by atoms with E-state index in [-0.39, 0.29) is 35.9 Å². The van der Waals surface area contributed by atoms with Crippen LogP contribution < -0.4 is 14.8 Å². The number of methoxy groups -OCH3 is 2. The average molecular weight is 411 g/mol. The minimum absolute atomic E-state index is 0.0301. The maximum absolute atomic E-state index is 12.6. The summed E-state index contributed by atoms with van der Waals surface area (Å²) >= 11 is 0. The number of rotatable bonds is 7. The number of aryl methyl sites for hydroxylation is 1. The summed E-state index contributed by atoms with van der Waals surface area (Å²) in [6, 6.07) is 5.15. The van der Waals surface area contributed by atoms with Crippen LogP contribution in [0.25, 0.3) is 0 Å². The average Bonchev–Trinajstić information content (AvgIpc) is 3.00. The Balaban J connectivity index is 1.62. The van der Waals surface area contributed by atoms with E-state index in [0.717, 1.165) is 31.5 Å². The van der Waals surface area contributed by atoms with Gasteiger partial charge in [0.15, 0.2) is 21.3 Å². The van der Waals surface area contributed by atoms with Crippen molar-refractivity contribution in [3.8, 4) is 11.5 Å². The third-order valence-electron chi connectivity index (χ3n) is 5.63. The Morgan fingerprint density at radius 2 is 1.89 bits per heavy atom. The number of para-hydroxylation sites is 1. The van der Waals surface area contributed by atoms with Gasteiger partial charge in [-0.05, 0) is 44.0 Å².